The summed E-state index contributed by atoms with van der Waals surface area (Å²) in [5.74, 6) is 0.134. The third-order valence-corrected chi connectivity index (χ3v) is 4.72. The van der Waals surface area contributed by atoms with Gasteiger partial charge in [0.15, 0.2) is 10.8 Å². The summed E-state index contributed by atoms with van der Waals surface area (Å²) in [6.07, 6.45) is -0.339. The van der Waals surface area contributed by atoms with Crippen LogP contribution in [0.4, 0.5) is 13.2 Å². The summed E-state index contributed by atoms with van der Waals surface area (Å²) in [4.78, 5) is 11.8. The number of thioether (sulfide) groups is 1. The molecule has 1 atom stereocenters. The molecule has 112 valence electrons. The highest BCUT2D eigenvalue weighted by atomic mass is 32.2. The predicted octanol–water partition coefficient (Wildman–Crippen LogP) is 3.35. The van der Waals surface area contributed by atoms with Crippen molar-refractivity contribution in [3.8, 4) is 0 Å². The van der Waals surface area contributed by atoms with Crippen molar-refractivity contribution in [2.45, 2.75) is 42.3 Å². The van der Waals surface area contributed by atoms with Crippen LogP contribution in [0.3, 0.4) is 0 Å². The Balaban J connectivity index is 1.93. The summed E-state index contributed by atoms with van der Waals surface area (Å²) in [5, 5.41) is 7.84. The number of hydrogen-bond donors (Lipinski definition) is 0. The van der Waals surface area contributed by atoms with Gasteiger partial charge in [0.1, 0.15) is 5.78 Å². The zero-order chi connectivity index (χ0) is 15.0. The van der Waals surface area contributed by atoms with E-state index < -0.39 is 11.7 Å². The summed E-state index contributed by atoms with van der Waals surface area (Å²) in [6.45, 7) is 0. The summed E-state index contributed by atoms with van der Waals surface area (Å²) < 4.78 is 39.6. The van der Waals surface area contributed by atoms with Crippen LogP contribution in [0.25, 0.3) is 5.65 Å². The molecule has 0 radical (unpaired) electrons. The molecular weight excluding hydrogens is 303 g/mol. The lowest BCUT2D eigenvalue weighted by atomic mass is 9.99. The summed E-state index contributed by atoms with van der Waals surface area (Å²) in [5.41, 5.74) is -0.416. The monoisotopic (exact) mass is 315 g/mol. The molecule has 4 nitrogen and oxygen atoms in total. The fourth-order valence-electron chi connectivity index (χ4n) is 2.32. The van der Waals surface area contributed by atoms with Crippen LogP contribution in [0, 0.1) is 0 Å². The molecule has 8 heteroatoms. The highest BCUT2D eigenvalue weighted by molar-refractivity contribution is 8.00. The minimum atomic E-state index is -4.42. The topological polar surface area (TPSA) is 47.3 Å². The second kappa shape index (κ2) is 5.32. The highest BCUT2D eigenvalue weighted by Crippen LogP contribution is 2.33. The van der Waals surface area contributed by atoms with E-state index in [1.807, 2.05) is 0 Å². The minimum Gasteiger partial charge on any atom is -0.298 e. The average Bonchev–Trinajstić information content (AvgIpc) is 2.83. The van der Waals surface area contributed by atoms with Gasteiger partial charge in [-0.25, -0.2) is 0 Å². The van der Waals surface area contributed by atoms with Gasteiger partial charge in [0.25, 0.3) is 0 Å². The standard InChI is InChI=1S/C13H12F3N3OS/c14-13(15,16)8-5-6-11-17-18-12(19(11)7-8)21-10-4-2-1-3-9(10)20/h5-7,10H,1-4H2/t10-/m1/s1. The molecule has 0 unspecified atom stereocenters. The molecule has 0 aromatic carbocycles. The summed E-state index contributed by atoms with van der Waals surface area (Å²) in [7, 11) is 0. The Hall–Kier alpha value is -1.57. The van der Waals surface area contributed by atoms with Gasteiger partial charge in [-0.2, -0.15) is 13.2 Å². The average molecular weight is 315 g/mol. The number of carbonyl (C=O) groups is 1. The number of pyridine rings is 1. The lowest BCUT2D eigenvalue weighted by Gasteiger charge is -2.18. The van der Waals surface area contributed by atoms with E-state index in [4.69, 9.17) is 0 Å². The maximum atomic E-state index is 12.8. The molecule has 0 N–H and O–H groups in total. The van der Waals surface area contributed by atoms with Gasteiger partial charge in [-0.05, 0) is 25.0 Å². The first-order valence-corrected chi connectivity index (χ1v) is 7.44. The number of Topliss-reactive ketones (excluding diaryl/α,β-unsaturated/α-hetero) is 1. The Morgan fingerprint density at radius 2 is 2.05 bits per heavy atom. The van der Waals surface area contributed by atoms with E-state index in [0.717, 1.165) is 31.5 Å². The van der Waals surface area contributed by atoms with Crippen molar-refractivity contribution in [3.05, 3.63) is 23.9 Å². The Labute approximate surface area is 122 Å². The van der Waals surface area contributed by atoms with Crippen LogP contribution < -0.4 is 0 Å². The molecule has 3 rings (SSSR count). The molecule has 1 aliphatic carbocycles. The van der Waals surface area contributed by atoms with E-state index in [0.29, 0.717) is 17.2 Å². The molecule has 1 aliphatic rings. The normalized spacial score (nSPS) is 20.1. The van der Waals surface area contributed by atoms with Crippen molar-refractivity contribution < 1.29 is 18.0 Å². The van der Waals surface area contributed by atoms with Crippen molar-refractivity contribution in [2.24, 2.45) is 0 Å². The number of ketones is 1. The number of alkyl halides is 3. The number of fused-ring (bicyclic) bond motifs is 1. The van der Waals surface area contributed by atoms with Gasteiger partial charge >= 0.3 is 6.18 Å². The van der Waals surface area contributed by atoms with Crippen LogP contribution in [-0.4, -0.2) is 25.6 Å². The molecule has 2 aromatic heterocycles. The zero-order valence-electron chi connectivity index (χ0n) is 10.9. The van der Waals surface area contributed by atoms with E-state index >= 15 is 0 Å². The Morgan fingerprint density at radius 1 is 1.24 bits per heavy atom. The minimum absolute atomic E-state index is 0.134. The van der Waals surface area contributed by atoms with Crippen LogP contribution in [0.15, 0.2) is 23.5 Å². The number of halogens is 3. The molecule has 0 saturated heterocycles. The molecule has 0 amide bonds. The van der Waals surface area contributed by atoms with Crippen LogP contribution in [0.2, 0.25) is 0 Å². The molecular formula is C13H12F3N3OS. The third kappa shape index (κ3) is 2.90. The second-order valence-electron chi connectivity index (χ2n) is 4.94. The fraction of sp³-hybridized carbons (Fsp3) is 0.462. The van der Waals surface area contributed by atoms with Crippen LogP contribution >= 0.6 is 11.8 Å². The largest absolute Gasteiger partial charge is 0.417 e. The number of nitrogens with zero attached hydrogens (tertiary/aromatic N) is 3. The van der Waals surface area contributed by atoms with E-state index in [1.165, 1.54) is 22.2 Å². The van der Waals surface area contributed by atoms with Crippen LogP contribution in [0.1, 0.15) is 31.2 Å². The molecule has 21 heavy (non-hydrogen) atoms. The van der Waals surface area contributed by atoms with Gasteiger partial charge in [-0.1, -0.05) is 18.2 Å². The lowest BCUT2D eigenvalue weighted by Crippen LogP contribution is -2.21. The lowest BCUT2D eigenvalue weighted by molar-refractivity contribution is -0.137. The van der Waals surface area contributed by atoms with Crippen molar-refractivity contribution in [3.63, 3.8) is 0 Å². The van der Waals surface area contributed by atoms with Gasteiger partial charge in [-0.15, -0.1) is 10.2 Å². The zero-order valence-corrected chi connectivity index (χ0v) is 11.7. The van der Waals surface area contributed by atoms with Gasteiger partial charge < -0.3 is 0 Å². The van der Waals surface area contributed by atoms with Gasteiger partial charge in [0, 0.05) is 12.6 Å². The summed E-state index contributed by atoms with van der Waals surface area (Å²) >= 11 is 1.20. The van der Waals surface area contributed by atoms with Crippen molar-refractivity contribution in [2.75, 3.05) is 0 Å². The quantitative estimate of drug-likeness (QED) is 0.852. The third-order valence-electron chi connectivity index (χ3n) is 3.44. The molecule has 0 aliphatic heterocycles. The SMILES string of the molecule is O=C1CCCC[C@H]1Sc1nnc2ccc(C(F)(F)F)cn12. The number of hydrogen-bond acceptors (Lipinski definition) is 4. The van der Waals surface area contributed by atoms with Crippen LogP contribution in [-0.2, 0) is 11.0 Å². The molecule has 2 aromatic rings. The van der Waals surface area contributed by atoms with E-state index in [9.17, 15) is 18.0 Å². The van der Waals surface area contributed by atoms with E-state index in [1.54, 1.807) is 0 Å². The van der Waals surface area contributed by atoms with Crippen molar-refractivity contribution >= 4 is 23.2 Å². The first kappa shape index (κ1) is 14.4. The van der Waals surface area contributed by atoms with Gasteiger partial charge in [-0.3, -0.25) is 9.20 Å². The molecule has 0 bridgehead atoms. The van der Waals surface area contributed by atoms with Crippen LogP contribution in [0.5, 0.6) is 0 Å². The number of rotatable bonds is 2. The fourth-order valence-corrected chi connectivity index (χ4v) is 3.46. The molecule has 0 spiro atoms. The van der Waals surface area contributed by atoms with Crippen molar-refractivity contribution in [1.29, 1.82) is 0 Å². The smallest absolute Gasteiger partial charge is 0.298 e. The van der Waals surface area contributed by atoms with Gasteiger partial charge in [0.2, 0.25) is 0 Å². The first-order chi connectivity index (χ1) is 9.95. The predicted molar refractivity (Wildman–Crippen MR) is 71.1 cm³/mol. The highest BCUT2D eigenvalue weighted by Gasteiger charge is 2.31. The molecule has 2 heterocycles. The van der Waals surface area contributed by atoms with E-state index in [2.05, 4.69) is 10.2 Å². The van der Waals surface area contributed by atoms with Gasteiger partial charge in [0.05, 0.1) is 10.8 Å². The number of carbonyl (C=O) groups excluding carboxylic acids is 1. The second-order valence-corrected chi connectivity index (χ2v) is 6.11. The first-order valence-electron chi connectivity index (χ1n) is 6.56. The maximum absolute atomic E-state index is 12.8. The Bertz CT molecular complexity index is 683. The Kier molecular flexibility index (Phi) is 3.64. The molecule has 1 saturated carbocycles. The Morgan fingerprint density at radius 3 is 2.76 bits per heavy atom. The number of aromatic nitrogens is 3. The summed E-state index contributed by atoms with van der Waals surface area (Å²) in [6, 6.07) is 2.26. The van der Waals surface area contributed by atoms with Crippen molar-refractivity contribution in [1.82, 2.24) is 14.6 Å². The molecule has 1 fully saturated rings. The maximum Gasteiger partial charge on any atom is 0.417 e. The van der Waals surface area contributed by atoms with E-state index in [-0.39, 0.29) is 11.0 Å².